The third-order valence-electron chi connectivity index (χ3n) is 0. The maximum atomic E-state index is 0. The molecule has 0 aliphatic carbocycles. The summed E-state index contributed by atoms with van der Waals surface area (Å²) in [6.45, 7) is 0. The molecule has 4 heavy (non-hydrogen) atoms. The van der Waals surface area contributed by atoms with Gasteiger partial charge in [-0.3, -0.25) is 0 Å². The van der Waals surface area contributed by atoms with E-state index in [1.165, 1.54) is 0 Å². The van der Waals surface area contributed by atoms with Crippen molar-refractivity contribution in [3.8, 4) is 0 Å². The Morgan fingerprint density at radius 1 is 1.00 bits per heavy atom. The Labute approximate surface area is 68.9 Å². The van der Waals surface area contributed by atoms with Crippen molar-refractivity contribution in [3.63, 3.8) is 0 Å². The third kappa shape index (κ3) is 8.84. The summed E-state index contributed by atoms with van der Waals surface area (Å²) < 4.78 is 0. The van der Waals surface area contributed by atoms with Crippen molar-refractivity contribution in [3.05, 3.63) is 0 Å². The topological polar surface area (TPSA) is 0 Å². The fourth-order valence-corrected chi connectivity index (χ4v) is 0. The van der Waals surface area contributed by atoms with Crippen LogP contribution in [0.2, 0.25) is 0 Å². The maximum absolute atomic E-state index is 0. The van der Waals surface area contributed by atoms with Crippen LogP contribution < -0.4 is 0 Å². The molecule has 1 atom stereocenters. The monoisotopic (exact) mass is 185 g/mol. The first-order valence-corrected chi connectivity index (χ1v) is 0. The van der Waals surface area contributed by atoms with Crippen LogP contribution in [0.4, 0.5) is 0 Å². The minimum atomic E-state index is 0. The molecular weight excluding hydrogens is 184 g/mol. The fraction of sp³-hybridized carbons (Fsp3) is 0. The van der Waals surface area contributed by atoms with E-state index in [0.29, 0.717) is 0 Å². The average Bonchev–Trinajstić information content (AvgIpc) is 0. The van der Waals surface area contributed by atoms with Crippen LogP contribution in [0.5, 0.6) is 0 Å². The Morgan fingerprint density at radius 3 is 1.00 bits per heavy atom. The molecule has 3 radical (unpaired) electrons. The van der Waals surface area contributed by atoms with E-state index in [2.05, 4.69) is 0 Å². The van der Waals surface area contributed by atoms with Crippen molar-refractivity contribution in [2.45, 2.75) is 0 Å². The molecule has 0 saturated carbocycles. The SMILES string of the molecule is P.[Cu].[Mg].[Zn]. The summed E-state index contributed by atoms with van der Waals surface area (Å²) in [5.74, 6) is 0. The molecule has 0 bridgehead atoms. The standard InChI is InChI=1S/Cu.Mg.H3P.Zn/h;;1H3;. The number of rotatable bonds is 0. The number of hydrogen-bond donors (Lipinski definition) is 0. The van der Waals surface area contributed by atoms with Gasteiger partial charge in [-0.15, -0.1) is 0 Å². The van der Waals surface area contributed by atoms with Crippen molar-refractivity contribution in [2.75, 3.05) is 0 Å². The first kappa shape index (κ1) is 33.0. The van der Waals surface area contributed by atoms with Gasteiger partial charge in [0.25, 0.3) is 0 Å². The van der Waals surface area contributed by atoms with Gasteiger partial charge < -0.3 is 0 Å². The summed E-state index contributed by atoms with van der Waals surface area (Å²) in [7, 11) is 0. The van der Waals surface area contributed by atoms with Gasteiger partial charge in [0.15, 0.2) is 0 Å². The Bertz CT molecular complexity index is 8.00. The van der Waals surface area contributed by atoms with Gasteiger partial charge in [0, 0.05) is 59.6 Å². The molecule has 0 spiro atoms. The second-order valence-corrected chi connectivity index (χ2v) is 0. The second-order valence-electron chi connectivity index (χ2n) is 0. The molecule has 1 unspecified atom stereocenters. The molecule has 0 N–H and O–H groups in total. The van der Waals surface area contributed by atoms with Crippen molar-refractivity contribution in [1.82, 2.24) is 0 Å². The van der Waals surface area contributed by atoms with Crippen molar-refractivity contribution in [2.24, 2.45) is 0 Å². The van der Waals surface area contributed by atoms with E-state index in [1.54, 1.807) is 0 Å². The van der Waals surface area contributed by atoms with Crippen LogP contribution in [0.15, 0.2) is 0 Å². The second kappa shape index (κ2) is 18.4. The quantitative estimate of drug-likeness (QED) is 0.360. The van der Waals surface area contributed by atoms with Crippen molar-refractivity contribution in [1.29, 1.82) is 0 Å². The van der Waals surface area contributed by atoms with Crippen LogP contribution in [-0.2, 0) is 36.5 Å². The smallest absolute Gasteiger partial charge is 0 e. The van der Waals surface area contributed by atoms with Gasteiger partial charge in [-0.25, -0.2) is 0 Å². The van der Waals surface area contributed by atoms with Crippen molar-refractivity contribution >= 4 is 33.0 Å². The molecule has 0 aliphatic rings. The third-order valence-corrected chi connectivity index (χ3v) is 0. The molecule has 0 aromatic heterocycles. The predicted octanol–water partition coefficient (Wildman–Crippen LogP) is -0.328. The van der Waals surface area contributed by atoms with E-state index in [0.717, 1.165) is 0 Å². The van der Waals surface area contributed by atoms with Gasteiger partial charge in [0.05, 0.1) is 0 Å². The van der Waals surface area contributed by atoms with E-state index in [4.69, 9.17) is 0 Å². The first-order valence-electron chi connectivity index (χ1n) is 0. The molecule has 23 valence electrons. The van der Waals surface area contributed by atoms with Crippen LogP contribution in [0.25, 0.3) is 0 Å². The summed E-state index contributed by atoms with van der Waals surface area (Å²) in [4.78, 5) is 0. The summed E-state index contributed by atoms with van der Waals surface area (Å²) in [5, 5.41) is 0. The zero-order valence-electron chi connectivity index (χ0n) is 2.42. The van der Waals surface area contributed by atoms with E-state index in [-0.39, 0.29) is 69.5 Å². The minimum absolute atomic E-state index is 0. The van der Waals surface area contributed by atoms with E-state index in [1.807, 2.05) is 0 Å². The predicted molar refractivity (Wildman–Crippen MR) is 16.9 cm³/mol. The van der Waals surface area contributed by atoms with Gasteiger partial charge in [0.2, 0.25) is 0 Å². The molecule has 0 aliphatic heterocycles. The minimum Gasteiger partial charge on any atom is -0.153 e. The molecule has 0 aromatic carbocycles. The van der Waals surface area contributed by atoms with Crippen LogP contribution in [0.3, 0.4) is 0 Å². The zero-order chi connectivity index (χ0) is 0. The van der Waals surface area contributed by atoms with Crippen LogP contribution in [0.1, 0.15) is 0 Å². The Hall–Kier alpha value is 2.34. The first-order chi connectivity index (χ1) is 0. The molecule has 0 nitrogen and oxygen atoms in total. The molecule has 0 amide bonds. The van der Waals surface area contributed by atoms with Crippen LogP contribution in [-0.4, -0.2) is 23.1 Å². The van der Waals surface area contributed by atoms with E-state index in [9.17, 15) is 0 Å². The van der Waals surface area contributed by atoms with Crippen molar-refractivity contribution < 1.29 is 36.5 Å². The van der Waals surface area contributed by atoms with Crippen LogP contribution in [0, 0.1) is 0 Å². The van der Waals surface area contributed by atoms with Gasteiger partial charge in [0.1, 0.15) is 0 Å². The maximum Gasteiger partial charge on any atom is 0 e. The Balaban J connectivity index is 0. The molecule has 0 aromatic rings. The Morgan fingerprint density at radius 2 is 1.00 bits per heavy atom. The summed E-state index contributed by atoms with van der Waals surface area (Å²) in [5.41, 5.74) is 0. The Kier molecular flexibility index (Phi) is 152. The molecular formula is H3CuMgPZn. The molecule has 4 heteroatoms. The average molecular weight is 187 g/mol. The fourth-order valence-electron chi connectivity index (χ4n) is 0. The van der Waals surface area contributed by atoms with Gasteiger partial charge in [-0.05, 0) is 0 Å². The summed E-state index contributed by atoms with van der Waals surface area (Å²) >= 11 is 0. The number of hydrogen-bond acceptors (Lipinski definition) is 0. The largest absolute Gasteiger partial charge is 0.153 e. The molecule has 0 saturated heterocycles. The van der Waals surface area contributed by atoms with Gasteiger partial charge in [-0.1, -0.05) is 0 Å². The zero-order valence-corrected chi connectivity index (χ0v) is 9.16. The molecule has 0 rings (SSSR count). The van der Waals surface area contributed by atoms with Gasteiger partial charge >= 0.3 is 0 Å². The summed E-state index contributed by atoms with van der Waals surface area (Å²) in [6, 6.07) is 0. The van der Waals surface area contributed by atoms with E-state index >= 15 is 0 Å². The van der Waals surface area contributed by atoms with E-state index < -0.39 is 0 Å². The van der Waals surface area contributed by atoms with Gasteiger partial charge in [-0.2, -0.15) is 9.90 Å². The summed E-state index contributed by atoms with van der Waals surface area (Å²) in [6.07, 6.45) is 0. The van der Waals surface area contributed by atoms with Crippen LogP contribution >= 0.6 is 9.90 Å². The normalized spacial score (nSPS) is 0. The molecule has 0 heterocycles. The molecule has 0 fully saturated rings.